The average Bonchev–Trinajstić information content (AvgIpc) is 0.694. The molecule has 0 N–H and O–H groups in total. The van der Waals surface area contributed by atoms with E-state index < -0.39 is 0 Å². The molecule has 4 aliphatic heterocycles. The monoisotopic (exact) mass is 1270 g/mol. The Morgan fingerprint density at radius 2 is 1.15 bits per heavy atom. The molecule has 5 fully saturated rings. The molecule has 9 aromatic carbocycles. The predicted octanol–water partition coefficient (Wildman–Crippen LogP) is 19.4. The van der Waals surface area contributed by atoms with Crippen molar-refractivity contribution in [3.8, 4) is 16.9 Å². The molecule has 3 saturated carbocycles. The third-order valence-electron chi connectivity index (χ3n) is 24.1. The SMILES string of the molecule is CC(C)(C)c1ccc(C2C=CC=CC2N2C3=CC4SC5CC(N(c6ccccc6)c6ccccc6)CC6C5B(c5ccccc5N6c5ccccc5)C4C=C3B3c4ccccc4OC4CC(N(c5ccc(-c6ccccc6)cc5)C5CCCCC5c5ccccc5)CC2C34)cc1. The van der Waals surface area contributed by atoms with Gasteiger partial charge in [-0.2, -0.15) is 11.8 Å². The van der Waals surface area contributed by atoms with Crippen LogP contribution in [-0.4, -0.2) is 71.2 Å². The van der Waals surface area contributed by atoms with Crippen LogP contribution in [0.4, 0.5) is 28.4 Å². The van der Waals surface area contributed by atoms with Crippen LogP contribution in [0.5, 0.6) is 5.75 Å². The van der Waals surface area contributed by atoms with Crippen LogP contribution in [0.25, 0.3) is 11.1 Å². The molecule has 4 heterocycles. The molecule has 2 saturated heterocycles. The predicted molar refractivity (Wildman–Crippen MR) is 405 cm³/mol. The lowest BCUT2D eigenvalue weighted by atomic mass is 9.22. The highest BCUT2D eigenvalue weighted by Crippen LogP contribution is 2.62. The van der Waals surface area contributed by atoms with Gasteiger partial charge in [-0.15, -0.1) is 0 Å². The summed E-state index contributed by atoms with van der Waals surface area (Å²) >= 11 is 2.34. The van der Waals surface area contributed by atoms with E-state index in [2.05, 4.69) is 337 Å². The van der Waals surface area contributed by atoms with Gasteiger partial charge in [-0.05, 0) is 149 Å². The lowest BCUT2D eigenvalue weighted by molar-refractivity contribution is 0.0575. The lowest BCUT2D eigenvalue weighted by Crippen LogP contribution is -2.69. The second kappa shape index (κ2) is 24.8. The molecule has 96 heavy (non-hydrogen) atoms. The van der Waals surface area contributed by atoms with Gasteiger partial charge in [0.15, 0.2) is 6.71 Å². The van der Waals surface area contributed by atoms with E-state index in [1.165, 1.54) is 97.6 Å². The number of hydrogen-bond donors (Lipinski definition) is 0. The van der Waals surface area contributed by atoms with Crippen LogP contribution < -0.4 is 30.4 Å². The molecule has 0 spiro atoms. The second-order valence-electron chi connectivity index (χ2n) is 30.2. The van der Waals surface area contributed by atoms with E-state index in [1.807, 2.05) is 0 Å². The zero-order valence-electron chi connectivity index (χ0n) is 55.6. The van der Waals surface area contributed by atoms with Gasteiger partial charge in [0.2, 0.25) is 6.71 Å². The molecule has 9 aromatic rings. The first-order valence-electron chi connectivity index (χ1n) is 36.2. The fourth-order valence-electron chi connectivity index (χ4n) is 20.2. The van der Waals surface area contributed by atoms with Crippen LogP contribution in [0.2, 0.25) is 17.5 Å². The Hall–Kier alpha value is -8.58. The van der Waals surface area contributed by atoms with E-state index in [4.69, 9.17) is 4.74 Å². The van der Waals surface area contributed by atoms with Gasteiger partial charge in [0.25, 0.3) is 0 Å². The average molecular weight is 1270 g/mol. The van der Waals surface area contributed by atoms with Crippen molar-refractivity contribution < 1.29 is 4.74 Å². The minimum Gasteiger partial charge on any atom is -0.491 e. The van der Waals surface area contributed by atoms with Gasteiger partial charge in [0, 0.05) is 98.9 Å². The zero-order chi connectivity index (χ0) is 64.0. The minimum absolute atomic E-state index is 0.00871. The smallest absolute Gasteiger partial charge is 0.225 e. The summed E-state index contributed by atoms with van der Waals surface area (Å²) < 4.78 is 7.83. The van der Waals surface area contributed by atoms with Crippen LogP contribution in [0.15, 0.2) is 296 Å². The van der Waals surface area contributed by atoms with Crippen LogP contribution in [0, 0.1) is 0 Å². The Kier molecular flexibility index (Phi) is 15.5. The third-order valence-corrected chi connectivity index (χ3v) is 25.7. The fraction of sp³-hybridized carbons (Fsp3) is 0.295. The summed E-state index contributed by atoms with van der Waals surface area (Å²) in [7, 11) is 0. The van der Waals surface area contributed by atoms with Crippen molar-refractivity contribution in [3.63, 3.8) is 0 Å². The number of fused-ring (bicyclic) bond motifs is 8. The van der Waals surface area contributed by atoms with Gasteiger partial charge in [0.1, 0.15) is 5.75 Å². The molecule has 0 radical (unpaired) electrons. The Labute approximate surface area is 574 Å². The molecule has 0 aromatic heterocycles. The standard InChI is InChI=1S/C88H86B2N4OS/c1-88(2,3)63-49-45-62(46-50-63)71-38-20-24-42-77(71)94-79-58-84-75(89-72-39-21-25-43-78(72)93(66-35-17-8-18-36-66)81-54-69(56-85(96-84)87(81)89)91(64-31-13-6-14-32-64)65-33-15-7-16-34-65)57-74(79)90-73-40-22-26-44-82(73)95-83-55-68(53-80(94)86(83)90)92(67-51-47-60(48-52-67)59-27-9-4-10-28-59)76-41-23-19-37-70(76)61-29-11-5-12-30-61/h4-18,20-22,24-36,38-40,42-52,57-58,68-71,75-77,80-81,83-87H,19,23,37,41,53-56H2,1-3H3. The summed E-state index contributed by atoms with van der Waals surface area (Å²) in [5.74, 6) is 2.55. The number of hydrogen-bond acceptors (Lipinski definition) is 6. The Morgan fingerprint density at radius 3 is 1.88 bits per heavy atom. The summed E-state index contributed by atoms with van der Waals surface area (Å²) in [6.07, 6.45) is 24.7. The quantitative estimate of drug-likeness (QED) is 0.120. The van der Waals surface area contributed by atoms with Crippen molar-refractivity contribution in [2.24, 2.45) is 0 Å². The molecular formula is C88H86B2N4OS. The zero-order valence-corrected chi connectivity index (χ0v) is 56.5. The minimum atomic E-state index is -0.00871. The number of rotatable bonds is 11. The first-order valence-corrected chi connectivity index (χ1v) is 37.1. The number of para-hydroxylation sites is 5. The van der Waals surface area contributed by atoms with Gasteiger partial charge >= 0.3 is 0 Å². The molecule has 9 aliphatic rings. The molecule has 14 atom stereocenters. The van der Waals surface area contributed by atoms with Crippen molar-refractivity contribution in [2.75, 3.05) is 14.7 Å². The molecule has 5 aliphatic carbocycles. The first kappa shape index (κ1) is 59.9. The van der Waals surface area contributed by atoms with E-state index in [9.17, 15) is 0 Å². The summed E-state index contributed by atoms with van der Waals surface area (Å²) in [6.45, 7) is 7.53. The maximum atomic E-state index is 7.83. The lowest BCUT2D eigenvalue weighted by Gasteiger charge is -2.62. The van der Waals surface area contributed by atoms with Crippen molar-refractivity contribution in [2.45, 2.75) is 160 Å². The molecule has 14 unspecified atom stereocenters. The van der Waals surface area contributed by atoms with E-state index in [0.29, 0.717) is 29.7 Å². The Morgan fingerprint density at radius 1 is 0.521 bits per heavy atom. The van der Waals surface area contributed by atoms with E-state index in [1.54, 1.807) is 0 Å². The number of nitrogens with zero attached hydrogens (tertiary/aromatic N) is 4. The van der Waals surface area contributed by atoms with E-state index in [0.717, 1.165) is 37.9 Å². The second-order valence-corrected chi connectivity index (χ2v) is 31.6. The normalized spacial score (nSPS) is 28.2. The summed E-state index contributed by atoms with van der Waals surface area (Å²) in [6, 6.07) is 96.5. The number of allylic oxidation sites excluding steroid dienone is 4. The molecule has 5 nitrogen and oxygen atoms in total. The van der Waals surface area contributed by atoms with Crippen molar-refractivity contribution in [1.82, 2.24) is 4.90 Å². The number of ether oxygens (including phenoxy) is 1. The van der Waals surface area contributed by atoms with Crippen molar-refractivity contribution in [3.05, 3.63) is 313 Å². The molecule has 0 amide bonds. The van der Waals surface area contributed by atoms with E-state index in [-0.39, 0.29) is 71.2 Å². The maximum Gasteiger partial charge on any atom is 0.225 e. The molecule has 0 bridgehead atoms. The maximum absolute atomic E-state index is 7.83. The van der Waals surface area contributed by atoms with Crippen molar-refractivity contribution in [1.29, 1.82) is 0 Å². The summed E-state index contributed by atoms with van der Waals surface area (Å²) in [5.41, 5.74) is 19.3. The van der Waals surface area contributed by atoms with Gasteiger partial charge in [-0.3, -0.25) is 0 Å². The van der Waals surface area contributed by atoms with Crippen LogP contribution in [0.3, 0.4) is 0 Å². The Bertz CT molecular complexity index is 4350. The third kappa shape index (κ3) is 10.4. The first-order chi connectivity index (χ1) is 47.3. The summed E-state index contributed by atoms with van der Waals surface area (Å²) in [5, 5.41) is 0.637. The topological polar surface area (TPSA) is 22.2 Å². The molecule has 18 rings (SSSR count). The largest absolute Gasteiger partial charge is 0.491 e. The summed E-state index contributed by atoms with van der Waals surface area (Å²) in [4.78, 5) is 11.6. The van der Waals surface area contributed by atoms with Gasteiger partial charge in [0.05, 0.1) is 12.1 Å². The highest BCUT2D eigenvalue weighted by atomic mass is 32.2. The molecule has 8 heteroatoms. The molecule has 476 valence electrons. The molecular weight excluding hydrogens is 1180 g/mol. The van der Waals surface area contributed by atoms with Gasteiger partial charge in [-0.1, -0.05) is 263 Å². The number of thioether (sulfide) groups is 1. The van der Waals surface area contributed by atoms with Crippen molar-refractivity contribution >= 4 is 64.5 Å². The van der Waals surface area contributed by atoms with E-state index >= 15 is 0 Å². The van der Waals surface area contributed by atoms with Crippen LogP contribution >= 0.6 is 11.8 Å². The Balaban J connectivity index is 0.821. The van der Waals surface area contributed by atoms with Gasteiger partial charge < -0.3 is 24.3 Å². The van der Waals surface area contributed by atoms with Gasteiger partial charge in [-0.25, -0.2) is 0 Å². The number of anilines is 5. The van der Waals surface area contributed by atoms with Crippen LogP contribution in [0.1, 0.15) is 101 Å². The van der Waals surface area contributed by atoms with Crippen LogP contribution in [-0.2, 0) is 5.41 Å². The highest BCUT2D eigenvalue weighted by Gasteiger charge is 2.63. The number of benzene rings is 9. The fourth-order valence-corrected chi connectivity index (χ4v) is 22.1. The highest BCUT2D eigenvalue weighted by molar-refractivity contribution is 8.01.